The number of nitrogens with two attached hydrogens (primary N) is 1. The summed E-state index contributed by atoms with van der Waals surface area (Å²) < 4.78 is 56.1. The van der Waals surface area contributed by atoms with Crippen LogP contribution in [-0.2, 0) is 122 Å². The monoisotopic (exact) mass is 1490 g/mol. The molecule has 7 rings (SSSR count). The maximum Gasteiger partial charge on any atom is 0.253 e. The first-order valence-corrected chi connectivity index (χ1v) is 36.3. The lowest BCUT2D eigenvalue weighted by Crippen LogP contribution is -2.62. The number of phenols is 1. The molecule has 570 valence electrons. The molecular formula is C64H94N14O23S2. The molecule has 3 aromatic rings. The number of nitrogens with zero attached hydrogens (tertiary/aromatic N) is 5. The van der Waals surface area contributed by atoms with Gasteiger partial charge < -0.3 is 106 Å². The quantitative estimate of drug-likeness (QED) is 0.0191. The summed E-state index contributed by atoms with van der Waals surface area (Å²) in [6, 6.07) is -7.20. The van der Waals surface area contributed by atoms with Gasteiger partial charge in [-0.15, -0.1) is 5.10 Å². The molecule has 14 N–H and O–H groups in total. The minimum atomic E-state index is -2.47. The number of aliphatic hydroxyl groups excluding tert-OH is 3. The molecule has 2 aromatic heterocycles. The van der Waals surface area contributed by atoms with Gasteiger partial charge in [-0.2, -0.15) is 11.8 Å². The second-order valence-corrected chi connectivity index (χ2v) is 27.2. The maximum absolute atomic E-state index is 15.3. The third-order valence-corrected chi connectivity index (χ3v) is 19.6. The third kappa shape index (κ3) is 25.1. The number of hydrogen-bond acceptors (Lipinski definition) is 26. The molecule has 1 aromatic carbocycles. The molecule has 11 atom stereocenters. The summed E-state index contributed by atoms with van der Waals surface area (Å²) in [5.74, 6) is -12.2. The molecule has 1 fully saturated rings. The Morgan fingerprint density at radius 1 is 0.728 bits per heavy atom. The number of hydrogen-bond donors (Lipinski definition) is 13. The number of aromatic nitrogens is 4. The SMILES string of the molecule is CC[C@H](C)[C@@H]1NC(=O)CNC(=O)[C@@H]2Cc3c([nH]c4c(CSCCOCCOCCOCCOCCOCCOCCOCCn5cc(CN6C(=O)C=CC6=O)nn5)c(O)ccc34)S(=O)C[C@H](NC(=O)CNC1=O)C(=O)N[C@@H](CCC(N)=O)C(=O)N1C[C@H](O)C[C@H]1C(=O)NC([C@@H](C)[C@@H](O)CO)C(=O)N2. The molecule has 103 heavy (non-hydrogen) atoms. The van der Waals surface area contributed by atoms with E-state index in [2.05, 4.69) is 52.5 Å². The Morgan fingerprint density at radius 3 is 1.92 bits per heavy atom. The van der Waals surface area contributed by atoms with Crippen LogP contribution in [0.4, 0.5) is 0 Å². The van der Waals surface area contributed by atoms with Crippen molar-refractivity contribution >= 4 is 98.4 Å². The Kier molecular flexibility index (Phi) is 33.5. The highest BCUT2D eigenvalue weighted by molar-refractivity contribution is 7.98. The minimum absolute atomic E-state index is 0.0476. The van der Waals surface area contributed by atoms with Gasteiger partial charge in [0, 0.05) is 66.3 Å². The van der Waals surface area contributed by atoms with E-state index in [1.54, 1.807) is 24.7 Å². The number of benzene rings is 1. The fraction of sp³-hybridized carbons (Fsp3) is 0.641. The van der Waals surface area contributed by atoms with E-state index in [1.165, 1.54) is 43.0 Å². The van der Waals surface area contributed by atoms with E-state index >= 15 is 4.21 Å². The van der Waals surface area contributed by atoms with Crippen LogP contribution >= 0.6 is 11.8 Å². The molecule has 4 aliphatic rings. The van der Waals surface area contributed by atoms with Crippen LogP contribution in [0, 0.1) is 11.8 Å². The number of thioether (sulfide) groups is 1. The van der Waals surface area contributed by atoms with Crippen LogP contribution in [-0.4, -0.2) is 298 Å². The molecule has 2 bridgehead atoms. The van der Waals surface area contributed by atoms with Crippen molar-refractivity contribution in [3.05, 3.63) is 47.3 Å². The molecule has 6 heterocycles. The van der Waals surface area contributed by atoms with Gasteiger partial charge in [-0.1, -0.05) is 32.4 Å². The number of amides is 11. The molecule has 0 saturated carbocycles. The number of carbonyl (C=O) groups is 11. The zero-order chi connectivity index (χ0) is 74.5. The van der Waals surface area contributed by atoms with Gasteiger partial charge >= 0.3 is 0 Å². The summed E-state index contributed by atoms with van der Waals surface area (Å²) in [7, 11) is -2.47. The molecule has 11 amide bonds. The Balaban J connectivity index is 0.949. The molecular weight excluding hydrogens is 1400 g/mol. The van der Waals surface area contributed by atoms with Crippen molar-refractivity contribution in [2.75, 3.05) is 130 Å². The van der Waals surface area contributed by atoms with Gasteiger partial charge in [0.2, 0.25) is 53.2 Å². The van der Waals surface area contributed by atoms with Gasteiger partial charge in [0.1, 0.15) is 52.7 Å². The van der Waals surface area contributed by atoms with E-state index in [9.17, 15) is 73.2 Å². The Labute approximate surface area is 599 Å². The number of rotatable bonds is 36. The smallest absolute Gasteiger partial charge is 0.253 e. The number of H-pyrrole nitrogens is 1. The fourth-order valence-electron chi connectivity index (χ4n) is 11.3. The molecule has 37 nitrogen and oxygen atoms in total. The maximum atomic E-state index is 15.3. The highest BCUT2D eigenvalue weighted by Gasteiger charge is 2.45. The second kappa shape index (κ2) is 42.0. The summed E-state index contributed by atoms with van der Waals surface area (Å²) in [4.78, 5) is 156. The Hall–Kier alpha value is -8.09. The number of aromatic amines is 1. The van der Waals surface area contributed by atoms with Crippen molar-refractivity contribution in [1.82, 2.24) is 67.0 Å². The molecule has 39 heteroatoms. The lowest BCUT2D eigenvalue weighted by Gasteiger charge is -2.33. The van der Waals surface area contributed by atoms with E-state index in [-0.39, 0.29) is 76.7 Å². The highest BCUT2D eigenvalue weighted by Crippen LogP contribution is 2.36. The van der Waals surface area contributed by atoms with Crippen molar-refractivity contribution in [3.8, 4) is 5.75 Å². The van der Waals surface area contributed by atoms with Crippen LogP contribution in [0.25, 0.3) is 10.9 Å². The van der Waals surface area contributed by atoms with Gasteiger partial charge in [-0.25, -0.2) is 4.68 Å². The van der Waals surface area contributed by atoms with Gasteiger partial charge in [0.05, 0.1) is 166 Å². The standard InChI is InChI=1S/C64H94N14O23S2/c1-4-37(2)55-61(91)67-29-51(84)68-46-36-103(94)63-42(28-45(58(88)66-30-52(85)71-55)70-62(92)56(38(3)49(82)34-79)72-60(90)47-27-40(80)33-77(47)64(93)44(69-59(46)89)6-8-50(65)83)41-5-7-48(81)43(57(41)73-63)35-102-26-25-101-24-23-100-22-21-99-20-19-98-18-17-97-16-15-96-14-13-95-12-11-76-31-39(74-75-76)32-78-53(86)9-10-54(78)87/h5,7,9-10,31,37-38,40,44-47,49,55-56,73,79-82H,4,6,8,11-30,32-36H2,1-3H3,(H2,65,83)(H,66,88)(H,67,91)(H,68,84)(H,69,89)(H,70,92)(H,71,85)(H,72,90)/t37-,38-,40+,44-,45-,46-,47-,49-,55-,56?,103?/m0/s1. The number of aromatic hydroxyl groups is 1. The van der Waals surface area contributed by atoms with E-state index in [4.69, 9.17) is 38.9 Å². The van der Waals surface area contributed by atoms with Crippen LogP contribution in [0.15, 0.2) is 35.5 Å². The fourth-order valence-corrected chi connectivity index (χ4v) is 13.5. The number of imide groups is 1. The van der Waals surface area contributed by atoms with Crippen LogP contribution in [0.5, 0.6) is 5.75 Å². The second-order valence-electron chi connectivity index (χ2n) is 24.6. The predicted octanol–water partition coefficient (Wildman–Crippen LogP) is -5.46. The number of phenolic OH excluding ortho intramolecular Hbond substituents is 1. The highest BCUT2D eigenvalue weighted by atomic mass is 32.2. The van der Waals surface area contributed by atoms with Gasteiger partial charge in [0.25, 0.3) is 11.8 Å². The Bertz CT molecular complexity index is 3450. The third-order valence-electron chi connectivity index (χ3n) is 17.2. The van der Waals surface area contributed by atoms with Crippen molar-refractivity contribution in [2.24, 2.45) is 17.6 Å². The number of fused-ring (bicyclic) bond motifs is 5. The lowest BCUT2D eigenvalue weighted by molar-refractivity contribution is -0.143. The lowest BCUT2D eigenvalue weighted by atomic mass is 9.93. The van der Waals surface area contributed by atoms with Gasteiger partial charge in [-0.3, -0.25) is 61.8 Å². The summed E-state index contributed by atoms with van der Waals surface area (Å²) >= 11 is 1.34. The predicted molar refractivity (Wildman–Crippen MR) is 363 cm³/mol. The summed E-state index contributed by atoms with van der Waals surface area (Å²) in [6.07, 6.45) is -0.614. The molecule has 0 radical (unpaired) electrons. The van der Waals surface area contributed by atoms with Gasteiger partial charge in [0.15, 0.2) is 0 Å². The first-order valence-electron chi connectivity index (χ1n) is 33.9. The largest absolute Gasteiger partial charge is 0.508 e. The summed E-state index contributed by atoms with van der Waals surface area (Å²) in [5, 5.41) is 69.1. The number of carbonyl (C=O) groups excluding carboxylic acids is 11. The zero-order valence-corrected chi connectivity index (χ0v) is 59.3. The first-order chi connectivity index (χ1) is 49.5. The van der Waals surface area contributed by atoms with E-state index in [0.29, 0.717) is 97.1 Å². The number of ether oxygens (including phenoxy) is 7. The van der Waals surface area contributed by atoms with Gasteiger partial charge in [-0.05, 0) is 30.0 Å². The van der Waals surface area contributed by atoms with Crippen LogP contribution in [0.1, 0.15) is 63.3 Å². The van der Waals surface area contributed by atoms with E-state index < -0.39 is 182 Å². The summed E-state index contributed by atoms with van der Waals surface area (Å²) in [6.45, 7) is 6.76. The van der Waals surface area contributed by atoms with Crippen molar-refractivity contribution in [2.45, 2.75) is 125 Å². The average Bonchev–Trinajstić information content (AvgIpc) is 1.62. The topological polar surface area (TPSA) is 514 Å². The molecule has 4 aliphatic heterocycles. The minimum Gasteiger partial charge on any atom is -0.508 e. The van der Waals surface area contributed by atoms with Crippen LogP contribution in [0.2, 0.25) is 0 Å². The molecule has 0 aliphatic carbocycles. The van der Waals surface area contributed by atoms with Crippen LogP contribution < -0.4 is 43.0 Å². The van der Waals surface area contributed by atoms with E-state index in [0.717, 1.165) is 9.80 Å². The number of nitrogens with one attached hydrogen (secondary N) is 8. The molecule has 2 unspecified atom stereocenters. The molecule has 0 spiro atoms. The number of aliphatic hydroxyl groups is 3. The zero-order valence-electron chi connectivity index (χ0n) is 57.6. The normalized spacial score (nSPS) is 22.9. The first kappa shape index (κ1) is 82.2. The molecule has 1 saturated heterocycles. The summed E-state index contributed by atoms with van der Waals surface area (Å²) in [5.41, 5.74) is 6.53. The van der Waals surface area contributed by atoms with Crippen molar-refractivity contribution in [3.63, 3.8) is 0 Å². The average molecular weight is 1490 g/mol. The van der Waals surface area contributed by atoms with Crippen molar-refractivity contribution < 1.29 is 111 Å². The Morgan fingerprint density at radius 2 is 1.32 bits per heavy atom. The number of primary amides is 1. The van der Waals surface area contributed by atoms with E-state index in [1.807, 2.05) is 0 Å². The van der Waals surface area contributed by atoms with Crippen LogP contribution in [0.3, 0.4) is 0 Å². The van der Waals surface area contributed by atoms with Crippen molar-refractivity contribution in [1.29, 1.82) is 0 Å².